The van der Waals surface area contributed by atoms with Gasteiger partial charge in [-0.2, -0.15) is 0 Å². The van der Waals surface area contributed by atoms with Crippen molar-refractivity contribution in [3.63, 3.8) is 0 Å². The van der Waals surface area contributed by atoms with Gasteiger partial charge in [0.15, 0.2) is 0 Å². The van der Waals surface area contributed by atoms with E-state index in [9.17, 15) is 4.79 Å². The molecule has 2 N–H and O–H groups in total. The van der Waals surface area contributed by atoms with Gasteiger partial charge in [-0.1, -0.05) is 0 Å². The van der Waals surface area contributed by atoms with E-state index >= 15 is 0 Å². The lowest BCUT2D eigenvalue weighted by Crippen LogP contribution is -2.25. The van der Waals surface area contributed by atoms with Crippen molar-refractivity contribution in [3.8, 4) is 0 Å². The Balaban J connectivity index is 1.71. The molecule has 2 aliphatic rings. The summed E-state index contributed by atoms with van der Waals surface area (Å²) in [5.41, 5.74) is 3.12. The van der Waals surface area contributed by atoms with E-state index < -0.39 is 0 Å². The van der Waals surface area contributed by atoms with Crippen molar-refractivity contribution in [1.82, 2.24) is 5.32 Å². The lowest BCUT2D eigenvalue weighted by Gasteiger charge is -2.21. The SMILES string of the molecule is CCNC(=O)c1ccc(NC(C2CC2)C2CC2)c(C)c1. The summed E-state index contributed by atoms with van der Waals surface area (Å²) in [5.74, 6) is 1.78. The van der Waals surface area contributed by atoms with Gasteiger partial charge in [0.2, 0.25) is 0 Å². The van der Waals surface area contributed by atoms with Gasteiger partial charge >= 0.3 is 0 Å². The summed E-state index contributed by atoms with van der Waals surface area (Å²) in [7, 11) is 0. The molecule has 0 saturated heterocycles. The second kappa shape index (κ2) is 5.47. The van der Waals surface area contributed by atoms with Gasteiger partial charge < -0.3 is 10.6 Å². The molecule has 0 bridgehead atoms. The Morgan fingerprint density at radius 1 is 1.25 bits per heavy atom. The van der Waals surface area contributed by atoms with E-state index in [-0.39, 0.29) is 5.91 Å². The van der Waals surface area contributed by atoms with Crippen LogP contribution >= 0.6 is 0 Å². The highest BCUT2D eigenvalue weighted by Crippen LogP contribution is 2.46. The molecule has 20 heavy (non-hydrogen) atoms. The van der Waals surface area contributed by atoms with Gasteiger partial charge in [0.05, 0.1) is 0 Å². The van der Waals surface area contributed by atoms with Gasteiger partial charge in [-0.25, -0.2) is 0 Å². The molecule has 0 spiro atoms. The minimum absolute atomic E-state index is 0.0167. The van der Waals surface area contributed by atoms with Crippen LogP contribution in [-0.4, -0.2) is 18.5 Å². The zero-order chi connectivity index (χ0) is 14.1. The third-order valence-electron chi connectivity index (χ3n) is 4.41. The molecular formula is C17H24N2O. The van der Waals surface area contributed by atoms with Crippen molar-refractivity contribution < 1.29 is 4.79 Å². The average molecular weight is 272 g/mol. The highest BCUT2D eigenvalue weighted by atomic mass is 16.1. The Bertz CT molecular complexity index is 492. The van der Waals surface area contributed by atoms with E-state index in [1.54, 1.807) is 0 Å². The minimum atomic E-state index is 0.0167. The van der Waals surface area contributed by atoms with Gasteiger partial charge in [-0.15, -0.1) is 0 Å². The van der Waals surface area contributed by atoms with E-state index in [4.69, 9.17) is 0 Å². The van der Waals surface area contributed by atoms with Gasteiger partial charge in [-0.3, -0.25) is 4.79 Å². The second-order valence-corrected chi connectivity index (χ2v) is 6.23. The third-order valence-corrected chi connectivity index (χ3v) is 4.41. The highest BCUT2D eigenvalue weighted by molar-refractivity contribution is 5.94. The quantitative estimate of drug-likeness (QED) is 0.834. The standard InChI is InChI=1S/C17H24N2O/c1-3-18-17(20)14-8-9-15(11(2)10-14)19-16(12-4-5-12)13-6-7-13/h8-10,12-13,16,19H,3-7H2,1-2H3,(H,18,20). The van der Waals surface area contributed by atoms with E-state index in [0.717, 1.165) is 17.4 Å². The number of hydrogen-bond donors (Lipinski definition) is 2. The fourth-order valence-electron chi connectivity index (χ4n) is 2.94. The first kappa shape index (κ1) is 13.5. The molecule has 0 radical (unpaired) electrons. The van der Waals surface area contributed by atoms with Crippen molar-refractivity contribution in [2.75, 3.05) is 11.9 Å². The Morgan fingerprint density at radius 2 is 1.90 bits per heavy atom. The van der Waals surface area contributed by atoms with E-state index in [1.165, 1.54) is 36.9 Å². The molecule has 0 aliphatic heterocycles. The van der Waals surface area contributed by atoms with E-state index in [1.807, 2.05) is 19.1 Å². The molecule has 2 aliphatic carbocycles. The second-order valence-electron chi connectivity index (χ2n) is 6.23. The molecule has 3 heteroatoms. The summed E-state index contributed by atoms with van der Waals surface area (Å²) in [6.07, 6.45) is 5.52. The molecule has 3 nitrogen and oxygen atoms in total. The molecule has 0 heterocycles. The summed E-state index contributed by atoms with van der Waals surface area (Å²) in [4.78, 5) is 11.8. The van der Waals surface area contributed by atoms with Crippen LogP contribution in [0.3, 0.4) is 0 Å². The molecule has 1 amide bonds. The summed E-state index contributed by atoms with van der Waals surface area (Å²) >= 11 is 0. The average Bonchev–Trinajstić information content (AvgIpc) is 3.29. The largest absolute Gasteiger partial charge is 0.382 e. The lowest BCUT2D eigenvalue weighted by atomic mass is 10.0. The molecule has 1 aromatic carbocycles. The molecule has 0 aromatic heterocycles. The molecule has 3 rings (SSSR count). The monoisotopic (exact) mass is 272 g/mol. The predicted molar refractivity (Wildman–Crippen MR) is 82.0 cm³/mol. The summed E-state index contributed by atoms with van der Waals surface area (Å²) in [6, 6.07) is 6.64. The Morgan fingerprint density at radius 3 is 2.40 bits per heavy atom. The fraction of sp³-hybridized carbons (Fsp3) is 0.588. The number of nitrogens with one attached hydrogen (secondary N) is 2. The zero-order valence-corrected chi connectivity index (χ0v) is 12.4. The predicted octanol–water partition coefficient (Wildman–Crippen LogP) is 3.35. The van der Waals surface area contributed by atoms with E-state index in [0.29, 0.717) is 12.6 Å². The van der Waals surface area contributed by atoms with Gasteiger partial charge in [0, 0.05) is 23.8 Å². The first-order chi connectivity index (χ1) is 9.69. The fourth-order valence-corrected chi connectivity index (χ4v) is 2.94. The number of carbonyl (C=O) groups is 1. The van der Waals surface area contributed by atoms with E-state index in [2.05, 4.69) is 23.6 Å². The maximum atomic E-state index is 11.8. The smallest absolute Gasteiger partial charge is 0.251 e. The van der Waals surface area contributed by atoms with Gasteiger partial charge in [0.1, 0.15) is 0 Å². The third kappa shape index (κ3) is 2.97. The van der Waals surface area contributed by atoms with Crippen LogP contribution in [0.4, 0.5) is 5.69 Å². The van der Waals surface area contributed by atoms with Gasteiger partial charge in [-0.05, 0) is 75.1 Å². The Labute approximate surface area is 121 Å². The van der Waals surface area contributed by atoms with Crippen LogP contribution in [0.1, 0.15) is 48.5 Å². The molecule has 0 unspecified atom stereocenters. The maximum absolute atomic E-state index is 11.8. The number of hydrogen-bond acceptors (Lipinski definition) is 2. The molecule has 108 valence electrons. The number of benzene rings is 1. The molecule has 1 aromatic rings. The molecule has 0 atom stereocenters. The first-order valence-corrected chi connectivity index (χ1v) is 7.84. The number of rotatable bonds is 6. The molecule has 2 saturated carbocycles. The van der Waals surface area contributed by atoms with Crippen LogP contribution in [0.5, 0.6) is 0 Å². The molecule has 2 fully saturated rings. The van der Waals surface area contributed by atoms with Crippen molar-refractivity contribution >= 4 is 11.6 Å². The normalized spacial score (nSPS) is 18.1. The topological polar surface area (TPSA) is 41.1 Å². The van der Waals surface area contributed by atoms with Crippen molar-refractivity contribution in [1.29, 1.82) is 0 Å². The van der Waals surface area contributed by atoms with Crippen molar-refractivity contribution in [3.05, 3.63) is 29.3 Å². The first-order valence-electron chi connectivity index (χ1n) is 7.84. The zero-order valence-electron chi connectivity index (χ0n) is 12.4. The van der Waals surface area contributed by atoms with Gasteiger partial charge in [0.25, 0.3) is 5.91 Å². The maximum Gasteiger partial charge on any atom is 0.251 e. The minimum Gasteiger partial charge on any atom is -0.382 e. The number of amides is 1. The van der Waals surface area contributed by atoms with Crippen molar-refractivity contribution in [2.45, 2.75) is 45.6 Å². The van der Waals surface area contributed by atoms with Crippen molar-refractivity contribution in [2.24, 2.45) is 11.8 Å². The van der Waals surface area contributed by atoms with Crippen LogP contribution in [0.2, 0.25) is 0 Å². The summed E-state index contributed by atoms with van der Waals surface area (Å²) in [6.45, 7) is 4.70. The van der Waals surface area contributed by atoms with Crippen LogP contribution in [0.25, 0.3) is 0 Å². The van der Waals surface area contributed by atoms with Crippen LogP contribution in [0, 0.1) is 18.8 Å². The molecular weight excluding hydrogens is 248 g/mol. The lowest BCUT2D eigenvalue weighted by molar-refractivity contribution is 0.0956. The number of aryl methyl sites for hydroxylation is 1. The van der Waals surface area contributed by atoms with Crippen LogP contribution in [0.15, 0.2) is 18.2 Å². The highest BCUT2D eigenvalue weighted by Gasteiger charge is 2.41. The Hall–Kier alpha value is -1.51. The number of anilines is 1. The summed E-state index contributed by atoms with van der Waals surface area (Å²) < 4.78 is 0. The van der Waals surface area contributed by atoms with Crippen LogP contribution in [-0.2, 0) is 0 Å². The van der Waals surface area contributed by atoms with Crippen LogP contribution < -0.4 is 10.6 Å². The Kier molecular flexibility index (Phi) is 3.68. The number of carbonyl (C=O) groups excluding carboxylic acids is 1. The summed E-state index contributed by atoms with van der Waals surface area (Å²) in [5, 5.41) is 6.58.